The first-order chi connectivity index (χ1) is 20.7. The zero-order chi connectivity index (χ0) is 30.5. The van der Waals surface area contributed by atoms with Gasteiger partial charge >= 0.3 is 5.97 Å². The average molecular weight is 591 g/mol. The highest BCUT2D eigenvalue weighted by molar-refractivity contribution is 5.96. The van der Waals surface area contributed by atoms with E-state index in [2.05, 4.69) is 37.6 Å². The molecule has 43 heavy (non-hydrogen) atoms. The number of nitrogens with zero attached hydrogens (tertiary/aromatic N) is 4. The number of likely N-dealkylation sites (tertiary alicyclic amines) is 2. The summed E-state index contributed by atoms with van der Waals surface area (Å²) in [4.78, 5) is 52.0. The fourth-order valence-electron chi connectivity index (χ4n) is 7.00. The number of carbonyl (C=O) groups is 3. The lowest BCUT2D eigenvalue weighted by atomic mass is 10.0. The van der Waals surface area contributed by atoms with Crippen LogP contribution in [0.4, 0.5) is 5.95 Å². The first-order valence-electron chi connectivity index (χ1n) is 15.9. The molecule has 232 valence electrons. The van der Waals surface area contributed by atoms with Gasteiger partial charge in [-0.05, 0) is 64.4 Å². The Morgan fingerprint density at radius 2 is 1.60 bits per heavy atom. The van der Waals surface area contributed by atoms with Crippen LogP contribution < -0.4 is 10.6 Å². The molecule has 2 saturated heterocycles. The van der Waals surface area contributed by atoms with E-state index in [1.54, 1.807) is 13.8 Å². The monoisotopic (exact) mass is 590 g/mol. The molecular weight excluding hydrogens is 544 g/mol. The number of ether oxygens (including phenoxy) is 1. The molecule has 3 heterocycles. The number of rotatable bonds is 11. The minimum Gasteiger partial charge on any atom is -0.464 e. The molecule has 4 unspecified atom stereocenters. The predicted molar refractivity (Wildman–Crippen MR) is 164 cm³/mol. The maximum Gasteiger partial charge on any atom is 0.328 e. The van der Waals surface area contributed by atoms with Crippen LogP contribution in [0.25, 0.3) is 0 Å². The zero-order valence-electron chi connectivity index (χ0n) is 26.0. The summed E-state index contributed by atoms with van der Waals surface area (Å²) >= 11 is 0. The summed E-state index contributed by atoms with van der Waals surface area (Å²) in [6.07, 6.45) is 5.16. The van der Waals surface area contributed by atoms with E-state index < -0.39 is 6.04 Å². The number of hydrogen-bond acceptors (Lipinski definition) is 8. The molecule has 1 aromatic heterocycles. The second-order valence-corrected chi connectivity index (χ2v) is 12.4. The molecular formula is C33H46N6O4. The van der Waals surface area contributed by atoms with Crippen LogP contribution in [0.5, 0.6) is 0 Å². The quantitative estimate of drug-likeness (QED) is 0.379. The third-order valence-electron chi connectivity index (χ3n) is 9.30. The molecule has 5 rings (SSSR count). The van der Waals surface area contributed by atoms with Gasteiger partial charge in [0, 0.05) is 38.6 Å². The van der Waals surface area contributed by atoms with Crippen LogP contribution in [-0.2, 0) is 14.3 Å². The molecule has 1 saturated carbocycles. The van der Waals surface area contributed by atoms with Crippen LogP contribution in [0.3, 0.4) is 0 Å². The molecule has 2 N–H and O–H groups in total. The molecule has 3 fully saturated rings. The van der Waals surface area contributed by atoms with Gasteiger partial charge in [0.25, 0.3) is 5.91 Å². The number of carbonyl (C=O) groups excluding carboxylic acids is 3. The minimum absolute atomic E-state index is 0.0107. The number of hydrogen-bond donors (Lipinski definition) is 2. The van der Waals surface area contributed by atoms with E-state index in [0.29, 0.717) is 41.3 Å². The Labute approximate surface area is 255 Å². The van der Waals surface area contributed by atoms with E-state index in [0.717, 1.165) is 70.4 Å². The molecule has 0 spiro atoms. The van der Waals surface area contributed by atoms with Crippen molar-refractivity contribution < 1.29 is 19.1 Å². The average Bonchev–Trinajstić information content (AvgIpc) is 3.73. The summed E-state index contributed by atoms with van der Waals surface area (Å²) < 4.78 is 5.05. The van der Waals surface area contributed by atoms with Gasteiger partial charge in [0.2, 0.25) is 11.9 Å². The van der Waals surface area contributed by atoms with Crippen LogP contribution in [0.2, 0.25) is 0 Å². The number of esters is 1. The third-order valence-corrected chi connectivity index (χ3v) is 9.30. The van der Waals surface area contributed by atoms with E-state index in [4.69, 9.17) is 4.74 Å². The largest absolute Gasteiger partial charge is 0.464 e. The van der Waals surface area contributed by atoms with Crippen molar-refractivity contribution in [2.24, 2.45) is 17.8 Å². The standard InChI is InChI=1S/C33H46N6O4/c1-5-43-32(42)23(4)36-33-34-21(2)29(22(3)35-33)31(41)39-19-26-17-38(18-27(26)20-39)16-15-28(24-11-7-6-8-12-24)37-30(40)25-13-9-10-14-25/h6-8,11-12,23,25-28H,5,9-10,13-20H2,1-4H3,(H,37,40)(H,34,35,36). The topological polar surface area (TPSA) is 117 Å². The van der Waals surface area contributed by atoms with Crippen molar-refractivity contribution in [1.29, 1.82) is 0 Å². The first kappa shape index (κ1) is 30.9. The van der Waals surface area contributed by atoms with Crippen molar-refractivity contribution in [3.05, 3.63) is 52.8 Å². The molecule has 0 radical (unpaired) electrons. The van der Waals surface area contributed by atoms with Gasteiger partial charge in [-0.25, -0.2) is 14.8 Å². The van der Waals surface area contributed by atoms with E-state index in [1.807, 2.05) is 36.9 Å². The van der Waals surface area contributed by atoms with Gasteiger partial charge in [-0.3, -0.25) is 9.59 Å². The van der Waals surface area contributed by atoms with Gasteiger partial charge in [-0.1, -0.05) is 43.2 Å². The number of amides is 2. The Hall–Kier alpha value is -3.53. The van der Waals surface area contributed by atoms with Gasteiger partial charge in [0.15, 0.2) is 0 Å². The fourth-order valence-corrected chi connectivity index (χ4v) is 7.00. The minimum atomic E-state index is -0.590. The first-order valence-corrected chi connectivity index (χ1v) is 15.9. The lowest BCUT2D eigenvalue weighted by molar-refractivity contribution is -0.143. The van der Waals surface area contributed by atoms with Crippen LogP contribution >= 0.6 is 0 Å². The zero-order valence-corrected chi connectivity index (χ0v) is 26.0. The normalized spacial score (nSPS) is 21.8. The molecule has 2 aliphatic heterocycles. The van der Waals surface area contributed by atoms with E-state index in [-0.39, 0.29) is 29.7 Å². The van der Waals surface area contributed by atoms with Crippen LogP contribution in [-0.4, -0.2) is 82.9 Å². The molecule has 2 amide bonds. The second-order valence-electron chi connectivity index (χ2n) is 12.4. The van der Waals surface area contributed by atoms with E-state index in [1.165, 1.54) is 0 Å². The van der Waals surface area contributed by atoms with Crippen molar-refractivity contribution in [1.82, 2.24) is 25.1 Å². The maximum absolute atomic E-state index is 13.6. The summed E-state index contributed by atoms with van der Waals surface area (Å²) in [6.45, 7) is 11.7. The molecule has 10 heteroatoms. The van der Waals surface area contributed by atoms with Crippen LogP contribution in [0.15, 0.2) is 30.3 Å². The third kappa shape index (κ3) is 7.34. The number of aromatic nitrogens is 2. The van der Waals surface area contributed by atoms with Gasteiger partial charge in [0.05, 0.1) is 29.6 Å². The summed E-state index contributed by atoms with van der Waals surface area (Å²) in [7, 11) is 0. The Morgan fingerprint density at radius 1 is 0.977 bits per heavy atom. The fraction of sp³-hybridized carbons (Fsp3) is 0.606. The number of fused-ring (bicyclic) bond motifs is 1. The summed E-state index contributed by atoms with van der Waals surface area (Å²) in [6, 6.07) is 9.74. The lowest BCUT2D eigenvalue weighted by Gasteiger charge is -2.26. The Morgan fingerprint density at radius 3 is 2.21 bits per heavy atom. The Bertz CT molecular complexity index is 1260. The van der Waals surface area contributed by atoms with Crippen molar-refractivity contribution in [3.63, 3.8) is 0 Å². The summed E-state index contributed by atoms with van der Waals surface area (Å²) in [5.74, 6) is 1.13. The molecule has 1 aromatic carbocycles. The highest BCUT2D eigenvalue weighted by atomic mass is 16.5. The summed E-state index contributed by atoms with van der Waals surface area (Å²) in [5, 5.41) is 6.35. The van der Waals surface area contributed by atoms with Crippen molar-refractivity contribution in [2.45, 2.75) is 71.9 Å². The summed E-state index contributed by atoms with van der Waals surface area (Å²) in [5.41, 5.74) is 2.90. The Balaban J connectivity index is 1.15. The molecule has 0 bridgehead atoms. The lowest BCUT2D eigenvalue weighted by Crippen LogP contribution is -2.37. The molecule has 2 aromatic rings. The number of nitrogens with one attached hydrogen (secondary N) is 2. The smallest absolute Gasteiger partial charge is 0.328 e. The predicted octanol–water partition coefficient (Wildman–Crippen LogP) is 3.90. The van der Waals surface area contributed by atoms with Crippen molar-refractivity contribution >= 4 is 23.7 Å². The van der Waals surface area contributed by atoms with Gasteiger partial charge in [0.1, 0.15) is 6.04 Å². The van der Waals surface area contributed by atoms with Gasteiger partial charge in [-0.15, -0.1) is 0 Å². The van der Waals surface area contributed by atoms with E-state index in [9.17, 15) is 14.4 Å². The second kappa shape index (κ2) is 13.8. The number of benzene rings is 1. The maximum atomic E-state index is 13.6. The molecule has 1 aliphatic carbocycles. The Kier molecular flexibility index (Phi) is 9.95. The highest BCUT2D eigenvalue weighted by Gasteiger charge is 2.42. The molecule has 10 nitrogen and oxygen atoms in total. The van der Waals surface area contributed by atoms with E-state index >= 15 is 0 Å². The highest BCUT2D eigenvalue weighted by Crippen LogP contribution is 2.33. The SMILES string of the molecule is CCOC(=O)C(C)Nc1nc(C)c(C(=O)N2CC3CN(CCC(NC(=O)C4CCCC4)c4ccccc4)CC3C2)c(C)n1. The van der Waals surface area contributed by atoms with Crippen LogP contribution in [0.1, 0.15) is 79.3 Å². The number of aryl methyl sites for hydroxylation is 2. The van der Waals surface area contributed by atoms with Gasteiger partial charge in [-0.2, -0.15) is 0 Å². The van der Waals surface area contributed by atoms with Crippen LogP contribution in [0, 0.1) is 31.6 Å². The molecule has 3 aliphatic rings. The molecule has 4 atom stereocenters. The number of anilines is 1. The van der Waals surface area contributed by atoms with Crippen molar-refractivity contribution in [2.75, 3.05) is 44.6 Å². The van der Waals surface area contributed by atoms with Crippen molar-refractivity contribution in [3.8, 4) is 0 Å². The van der Waals surface area contributed by atoms with Gasteiger partial charge < -0.3 is 25.2 Å².